The van der Waals surface area contributed by atoms with Crippen LogP contribution < -0.4 is 9.47 Å². The van der Waals surface area contributed by atoms with Gasteiger partial charge in [0, 0.05) is 31.8 Å². The zero-order chi connectivity index (χ0) is 16.6. The van der Waals surface area contributed by atoms with Crippen LogP contribution in [0.2, 0.25) is 5.02 Å². The molecule has 1 aromatic carbocycles. The Morgan fingerprint density at radius 3 is 2.57 bits per heavy atom. The molecule has 1 fully saturated rings. The Balaban J connectivity index is 1.86. The SMILES string of the molecule is CN1CCCC1CN(C)S(=O)(=O)c1cc2c(cc1Cl)OCCO2. The molecule has 2 aliphatic heterocycles. The van der Waals surface area contributed by atoms with Crippen molar-refractivity contribution in [2.24, 2.45) is 0 Å². The molecule has 2 heterocycles. The Bertz CT molecular complexity index is 695. The van der Waals surface area contributed by atoms with Crippen molar-refractivity contribution in [2.75, 3.05) is 40.4 Å². The van der Waals surface area contributed by atoms with Crippen LogP contribution in [0.5, 0.6) is 11.5 Å². The third-order valence-electron chi connectivity index (χ3n) is 4.42. The summed E-state index contributed by atoms with van der Waals surface area (Å²) in [6, 6.07) is 3.21. The third-order valence-corrected chi connectivity index (χ3v) is 6.71. The van der Waals surface area contributed by atoms with Crippen LogP contribution >= 0.6 is 11.6 Å². The first kappa shape index (κ1) is 16.8. The summed E-state index contributed by atoms with van der Waals surface area (Å²) < 4.78 is 38.0. The highest BCUT2D eigenvalue weighted by Crippen LogP contribution is 2.38. The first-order valence-electron chi connectivity index (χ1n) is 7.65. The van der Waals surface area contributed by atoms with Gasteiger partial charge in [0.1, 0.15) is 18.1 Å². The molecule has 0 saturated carbocycles. The van der Waals surface area contributed by atoms with Crippen molar-refractivity contribution in [1.82, 2.24) is 9.21 Å². The molecule has 1 aromatic rings. The molecule has 0 N–H and O–H groups in total. The molecular formula is C15H21ClN2O4S. The molecule has 8 heteroatoms. The van der Waals surface area contributed by atoms with E-state index < -0.39 is 10.0 Å². The fraction of sp³-hybridized carbons (Fsp3) is 0.600. The highest BCUT2D eigenvalue weighted by Gasteiger charge is 2.31. The van der Waals surface area contributed by atoms with Gasteiger partial charge in [0.25, 0.3) is 0 Å². The minimum absolute atomic E-state index is 0.0616. The summed E-state index contributed by atoms with van der Waals surface area (Å²) >= 11 is 6.18. The number of fused-ring (bicyclic) bond motifs is 1. The Morgan fingerprint density at radius 1 is 1.30 bits per heavy atom. The van der Waals surface area contributed by atoms with E-state index in [9.17, 15) is 8.42 Å². The summed E-state index contributed by atoms with van der Waals surface area (Å²) in [6.07, 6.45) is 2.10. The lowest BCUT2D eigenvalue weighted by atomic mass is 10.2. The van der Waals surface area contributed by atoms with Crippen molar-refractivity contribution in [3.8, 4) is 11.5 Å². The molecule has 3 rings (SSSR count). The first-order chi connectivity index (χ1) is 10.9. The van der Waals surface area contributed by atoms with E-state index in [1.807, 2.05) is 7.05 Å². The first-order valence-corrected chi connectivity index (χ1v) is 9.47. The van der Waals surface area contributed by atoms with Crippen LogP contribution in [0, 0.1) is 0 Å². The molecule has 0 aliphatic carbocycles. The van der Waals surface area contributed by atoms with Crippen LogP contribution in [-0.4, -0.2) is 64.1 Å². The summed E-state index contributed by atoms with van der Waals surface area (Å²) in [5.41, 5.74) is 0. The van der Waals surface area contributed by atoms with Gasteiger partial charge in [-0.3, -0.25) is 0 Å². The number of likely N-dealkylation sites (tertiary alicyclic amines) is 1. The van der Waals surface area contributed by atoms with E-state index in [2.05, 4.69) is 4.90 Å². The van der Waals surface area contributed by atoms with E-state index in [1.54, 1.807) is 7.05 Å². The molecule has 23 heavy (non-hydrogen) atoms. The summed E-state index contributed by atoms with van der Waals surface area (Å²) in [5.74, 6) is 0.906. The van der Waals surface area contributed by atoms with Gasteiger partial charge in [-0.25, -0.2) is 8.42 Å². The van der Waals surface area contributed by atoms with Crippen LogP contribution in [0.3, 0.4) is 0 Å². The Kier molecular flexibility index (Phi) is 4.73. The van der Waals surface area contributed by atoms with E-state index in [0.29, 0.717) is 31.3 Å². The number of ether oxygens (including phenoxy) is 2. The number of sulfonamides is 1. The van der Waals surface area contributed by atoms with Gasteiger partial charge in [-0.1, -0.05) is 11.6 Å². The Labute approximate surface area is 142 Å². The quantitative estimate of drug-likeness (QED) is 0.819. The molecule has 6 nitrogen and oxygen atoms in total. The summed E-state index contributed by atoms with van der Waals surface area (Å²) in [4.78, 5) is 2.25. The predicted octanol–water partition coefficient (Wildman–Crippen LogP) is 1.83. The van der Waals surface area contributed by atoms with Gasteiger partial charge < -0.3 is 14.4 Å². The maximum Gasteiger partial charge on any atom is 0.244 e. The van der Waals surface area contributed by atoms with Crippen molar-refractivity contribution >= 4 is 21.6 Å². The van der Waals surface area contributed by atoms with Gasteiger partial charge in [0.2, 0.25) is 10.0 Å². The van der Waals surface area contributed by atoms with Crippen LogP contribution in [0.15, 0.2) is 17.0 Å². The fourth-order valence-electron chi connectivity index (χ4n) is 3.02. The zero-order valence-electron chi connectivity index (χ0n) is 13.3. The summed E-state index contributed by atoms with van der Waals surface area (Å²) in [5, 5.41) is 0.154. The van der Waals surface area contributed by atoms with E-state index >= 15 is 0 Å². The predicted molar refractivity (Wildman–Crippen MR) is 87.9 cm³/mol. The Morgan fingerprint density at radius 2 is 1.96 bits per heavy atom. The number of likely N-dealkylation sites (N-methyl/N-ethyl adjacent to an activating group) is 2. The van der Waals surface area contributed by atoms with Crippen molar-refractivity contribution < 1.29 is 17.9 Å². The van der Waals surface area contributed by atoms with Crippen molar-refractivity contribution in [2.45, 2.75) is 23.8 Å². The molecule has 1 saturated heterocycles. The van der Waals surface area contributed by atoms with E-state index in [0.717, 1.165) is 19.4 Å². The number of hydrogen-bond acceptors (Lipinski definition) is 5. The van der Waals surface area contributed by atoms with E-state index in [1.165, 1.54) is 16.4 Å². The van der Waals surface area contributed by atoms with Crippen LogP contribution in [0.4, 0.5) is 0 Å². The van der Waals surface area contributed by atoms with Crippen LogP contribution in [0.25, 0.3) is 0 Å². The molecule has 2 aliphatic rings. The second-order valence-corrected chi connectivity index (χ2v) is 8.41. The molecule has 1 atom stereocenters. The van der Waals surface area contributed by atoms with Gasteiger partial charge in [-0.15, -0.1) is 0 Å². The minimum atomic E-state index is -3.67. The van der Waals surface area contributed by atoms with Crippen LogP contribution in [0.1, 0.15) is 12.8 Å². The molecule has 0 amide bonds. The number of rotatable bonds is 4. The number of nitrogens with zero attached hydrogens (tertiary/aromatic N) is 2. The van der Waals surface area contributed by atoms with E-state index in [4.69, 9.17) is 21.1 Å². The second kappa shape index (κ2) is 6.47. The fourth-order valence-corrected chi connectivity index (χ4v) is 4.73. The second-order valence-electron chi connectivity index (χ2n) is 5.99. The zero-order valence-corrected chi connectivity index (χ0v) is 14.9. The maximum absolute atomic E-state index is 12.9. The molecule has 1 unspecified atom stereocenters. The lowest BCUT2D eigenvalue weighted by molar-refractivity contribution is 0.171. The normalized spacial score (nSPS) is 21.8. The van der Waals surface area contributed by atoms with Crippen LogP contribution in [-0.2, 0) is 10.0 Å². The molecule has 0 aromatic heterocycles. The average molecular weight is 361 g/mol. The third kappa shape index (κ3) is 3.28. The number of hydrogen-bond donors (Lipinski definition) is 0. The van der Waals surface area contributed by atoms with Gasteiger partial charge in [-0.05, 0) is 26.4 Å². The molecule has 0 radical (unpaired) electrons. The van der Waals surface area contributed by atoms with Crippen molar-refractivity contribution in [1.29, 1.82) is 0 Å². The summed E-state index contributed by atoms with van der Waals surface area (Å²) in [7, 11) is -0.0600. The van der Waals surface area contributed by atoms with Gasteiger partial charge >= 0.3 is 0 Å². The summed E-state index contributed by atoms with van der Waals surface area (Å²) in [6.45, 7) is 2.28. The standard InChI is InChI=1S/C15H21ClN2O4S/c1-17-5-3-4-11(17)10-18(2)23(19,20)15-9-14-13(8-12(15)16)21-6-7-22-14/h8-9,11H,3-7,10H2,1-2H3. The van der Waals surface area contributed by atoms with Gasteiger partial charge in [0.15, 0.2) is 11.5 Å². The highest BCUT2D eigenvalue weighted by molar-refractivity contribution is 7.89. The molecule has 0 bridgehead atoms. The van der Waals surface area contributed by atoms with Gasteiger partial charge in [0.05, 0.1) is 5.02 Å². The minimum Gasteiger partial charge on any atom is -0.486 e. The molecular weight excluding hydrogens is 340 g/mol. The average Bonchev–Trinajstić information content (AvgIpc) is 2.91. The molecule has 0 spiro atoms. The molecule has 128 valence electrons. The smallest absolute Gasteiger partial charge is 0.244 e. The highest BCUT2D eigenvalue weighted by atomic mass is 35.5. The van der Waals surface area contributed by atoms with Gasteiger partial charge in [-0.2, -0.15) is 4.31 Å². The largest absolute Gasteiger partial charge is 0.486 e. The lowest BCUT2D eigenvalue weighted by Gasteiger charge is -2.26. The maximum atomic E-state index is 12.9. The van der Waals surface area contributed by atoms with Crippen molar-refractivity contribution in [3.05, 3.63) is 17.2 Å². The van der Waals surface area contributed by atoms with Crippen molar-refractivity contribution in [3.63, 3.8) is 0 Å². The topological polar surface area (TPSA) is 59.1 Å². The van der Waals surface area contributed by atoms with E-state index in [-0.39, 0.29) is 16.0 Å². The monoisotopic (exact) mass is 360 g/mol. The number of benzene rings is 1. The number of halogens is 1. The Hall–Kier alpha value is -1.02. The lowest BCUT2D eigenvalue weighted by Crippen LogP contribution is -2.39.